The van der Waals surface area contributed by atoms with Crippen LogP contribution in [0, 0.1) is 0 Å². The van der Waals surface area contributed by atoms with Gasteiger partial charge in [-0.15, -0.1) is 0 Å². The molecule has 0 saturated carbocycles. The number of benzene rings is 9. The van der Waals surface area contributed by atoms with E-state index in [9.17, 15) is 0 Å². The second-order valence-electron chi connectivity index (χ2n) is 14.4. The van der Waals surface area contributed by atoms with E-state index in [1.807, 2.05) is 0 Å². The lowest BCUT2D eigenvalue weighted by Gasteiger charge is -2.24. The van der Waals surface area contributed by atoms with Gasteiger partial charge in [0.25, 0.3) is 0 Å². The second kappa shape index (κ2) is 9.94. The van der Waals surface area contributed by atoms with Gasteiger partial charge >= 0.3 is 0 Å². The first-order valence-electron chi connectivity index (χ1n) is 17.5. The monoisotopic (exact) mass is 636 g/mol. The molecule has 11 rings (SSSR count). The van der Waals surface area contributed by atoms with Gasteiger partial charge in [-0.05, 0) is 124 Å². The van der Waals surface area contributed by atoms with E-state index in [2.05, 4.69) is 172 Å². The zero-order valence-electron chi connectivity index (χ0n) is 27.9. The largest absolute Gasteiger partial charge is 0.456 e. The molecule has 0 atom stereocenters. The molecule has 1 heteroatoms. The Kier molecular flexibility index (Phi) is 5.51. The molecule has 0 aromatic heterocycles. The third-order valence-corrected chi connectivity index (χ3v) is 11.4. The quantitative estimate of drug-likeness (QED) is 0.172. The van der Waals surface area contributed by atoms with Crippen molar-refractivity contribution in [1.82, 2.24) is 0 Å². The van der Waals surface area contributed by atoms with Crippen LogP contribution in [-0.2, 0) is 5.41 Å². The first kappa shape index (κ1) is 27.7. The predicted octanol–water partition coefficient (Wildman–Crippen LogP) is 13.7. The molecule has 0 amide bonds. The van der Waals surface area contributed by atoms with Gasteiger partial charge in [0, 0.05) is 16.4 Å². The van der Waals surface area contributed by atoms with Crippen molar-refractivity contribution in [3.63, 3.8) is 0 Å². The Morgan fingerprint density at radius 3 is 1.88 bits per heavy atom. The molecule has 1 heterocycles. The van der Waals surface area contributed by atoms with Crippen LogP contribution in [0.1, 0.15) is 25.0 Å². The molecule has 2 aliphatic rings. The molecule has 1 aliphatic carbocycles. The lowest BCUT2D eigenvalue weighted by molar-refractivity contribution is 0.487. The summed E-state index contributed by atoms with van der Waals surface area (Å²) in [6, 6.07) is 58.1. The number of rotatable bonds is 2. The lowest BCUT2D eigenvalue weighted by Crippen LogP contribution is -2.14. The number of fused-ring (bicyclic) bond motifs is 10. The van der Waals surface area contributed by atoms with Crippen LogP contribution < -0.4 is 4.74 Å². The minimum atomic E-state index is -0.0553. The van der Waals surface area contributed by atoms with Gasteiger partial charge in [-0.3, -0.25) is 0 Å². The maximum Gasteiger partial charge on any atom is 0.135 e. The van der Waals surface area contributed by atoms with Crippen LogP contribution in [0.4, 0.5) is 0 Å². The Hall–Kier alpha value is -6.18. The molecule has 9 aromatic rings. The summed E-state index contributed by atoms with van der Waals surface area (Å²) < 4.78 is 6.78. The van der Waals surface area contributed by atoms with Crippen LogP contribution in [0.15, 0.2) is 158 Å². The number of hydrogen-bond donors (Lipinski definition) is 0. The van der Waals surface area contributed by atoms with Crippen LogP contribution in [0.5, 0.6) is 11.5 Å². The summed E-state index contributed by atoms with van der Waals surface area (Å²) in [5.74, 6) is 1.81. The van der Waals surface area contributed by atoms with E-state index in [-0.39, 0.29) is 5.41 Å². The van der Waals surface area contributed by atoms with E-state index in [0.717, 1.165) is 22.6 Å². The summed E-state index contributed by atoms with van der Waals surface area (Å²) >= 11 is 0. The summed E-state index contributed by atoms with van der Waals surface area (Å²) in [5.41, 5.74) is 12.7. The molecule has 0 radical (unpaired) electrons. The van der Waals surface area contributed by atoms with E-state index in [0.29, 0.717) is 0 Å². The summed E-state index contributed by atoms with van der Waals surface area (Å²) in [4.78, 5) is 0. The molecule has 1 nitrogen and oxygen atoms in total. The van der Waals surface area contributed by atoms with Gasteiger partial charge in [0.1, 0.15) is 11.5 Å². The molecule has 0 bridgehead atoms. The standard InChI is InChI=1S/C49H32O/c1-49(2)44-19-8-7-16-36(44)37-23-21-30(25-45(37)49)40-27-42-39-18-10-20-46-48(39)43(28-41(42)35-15-6-5-14-34(35)40)38-24-22-31(26-47(38)50-46)33-17-9-12-29-11-3-4-13-32(29)33/h3-28H,1-2H3. The number of hydrogen-bond acceptors (Lipinski definition) is 1. The van der Waals surface area contributed by atoms with E-state index in [4.69, 9.17) is 4.74 Å². The molecular weight excluding hydrogens is 605 g/mol. The maximum atomic E-state index is 6.78. The Morgan fingerprint density at radius 2 is 0.980 bits per heavy atom. The minimum Gasteiger partial charge on any atom is -0.456 e. The molecule has 1 aliphatic heterocycles. The molecule has 0 fully saturated rings. The molecular formula is C49H32O. The average Bonchev–Trinajstić information content (AvgIpc) is 3.39. The topological polar surface area (TPSA) is 9.23 Å². The Balaban J connectivity index is 1.13. The first-order valence-corrected chi connectivity index (χ1v) is 17.5. The highest BCUT2D eigenvalue weighted by molar-refractivity contribution is 6.25. The molecule has 9 aromatic carbocycles. The van der Waals surface area contributed by atoms with Gasteiger partial charge in [-0.1, -0.05) is 135 Å². The van der Waals surface area contributed by atoms with Crippen LogP contribution in [0.25, 0.3) is 87.6 Å². The van der Waals surface area contributed by atoms with Crippen molar-refractivity contribution in [2.24, 2.45) is 0 Å². The highest BCUT2D eigenvalue weighted by Gasteiger charge is 2.35. The lowest BCUT2D eigenvalue weighted by atomic mass is 9.81. The highest BCUT2D eigenvalue weighted by atomic mass is 16.5. The fourth-order valence-corrected chi connectivity index (χ4v) is 9.03. The van der Waals surface area contributed by atoms with Gasteiger partial charge in [0.05, 0.1) is 0 Å². The Morgan fingerprint density at radius 1 is 0.360 bits per heavy atom. The summed E-state index contributed by atoms with van der Waals surface area (Å²) in [6.07, 6.45) is 0. The highest BCUT2D eigenvalue weighted by Crippen LogP contribution is 2.53. The van der Waals surface area contributed by atoms with Crippen LogP contribution in [-0.4, -0.2) is 0 Å². The Bertz CT molecular complexity index is 2920. The van der Waals surface area contributed by atoms with Crippen LogP contribution >= 0.6 is 0 Å². The zero-order valence-corrected chi connectivity index (χ0v) is 27.9. The van der Waals surface area contributed by atoms with Crippen molar-refractivity contribution in [1.29, 1.82) is 0 Å². The molecule has 50 heavy (non-hydrogen) atoms. The van der Waals surface area contributed by atoms with Gasteiger partial charge in [-0.2, -0.15) is 0 Å². The van der Waals surface area contributed by atoms with E-state index in [1.165, 1.54) is 87.6 Å². The first-order chi connectivity index (χ1) is 24.5. The van der Waals surface area contributed by atoms with E-state index in [1.54, 1.807) is 0 Å². The average molecular weight is 637 g/mol. The van der Waals surface area contributed by atoms with Crippen molar-refractivity contribution in [3.8, 4) is 56.0 Å². The van der Waals surface area contributed by atoms with Gasteiger partial charge in [0.15, 0.2) is 0 Å². The maximum absolute atomic E-state index is 6.78. The summed E-state index contributed by atoms with van der Waals surface area (Å²) in [6.45, 7) is 4.72. The fraction of sp³-hybridized carbons (Fsp3) is 0.0612. The molecule has 0 saturated heterocycles. The molecule has 234 valence electrons. The molecule has 0 spiro atoms. The van der Waals surface area contributed by atoms with Crippen molar-refractivity contribution in [2.75, 3.05) is 0 Å². The van der Waals surface area contributed by atoms with Crippen LogP contribution in [0.2, 0.25) is 0 Å². The Labute approximate surface area is 291 Å². The van der Waals surface area contributed by atoms with Gasteiger partial charge < -0.3 is 4.74 Å². The fourth-order valence-electron chi connectivity index (χ4n) is 9.03. The molecule has 0 unspecified atom stereocenters. The third-order valence-electron chi connectivity index (χ3n) is 11.4. The number of ether oxygens (including phenoxy) is 1. The summed E-state index contributed by atoms with van der Waals surface area (Å²) in [7, 11) is 0. The van der Waals surface area contributed by atoms with Crippen molar-refractivity contribution < 1.29 is 4.74 Å². The smallest absolute Gasteiger partial charge is 0.135 e. The van der Waals surface area contributed by atoms with Gasteiger partial charge in [0.2, 0.25) is 0 Å². The van der Waals surface area contributed by atoms with E-state index < -0.39 is 0 Å². The van der Waals surface area contributed by atoms with E-state index >= 15 is 0 Å². The normalized spacial score (nSPS) is 13.7. The molecule has 0 N–H and O–H groups in total. The second-order valence-corrected chi connectivity index (χ2v) is 14.4. The van der Waals surface area contributed by atoms with Gasteiger partial charge in [-0.25, -0.2) is 0 Å². The SMILES string of the molecule is CC1(C)c2ccccc2-c2ccc(-c3cc4c5cccc6c5c(cc4c4ccccc34)-c3ccc(-c4cccc5ccccc45)cc3O6)cc21. The van der Waals surface area contributed by atoms with Crippen molar-refractivity contribution in [3.05, 3.63) is 169 Å². The van der Waals surface area contributed by atoms with Crippen LogP contribution in [0.3, 0.4) is 0 Å². The van der Waals surface area contributed by atoms with Crippen molar-refractivity contribution in [2.45, 2.75) is 19.3 Å². The zero-order chi connectivity index (χ0) is 33.1. The summed E-state index contributed by atoms with van der Waals surface area (Å²) in [5, 5.41) is 9.95. The predicted molar refractivity (Wildman–Crippen MR) is 210 cm³/mol. The third kappa shape index (κ3) is 3.72. The minimum absolute atomic E-state index is 0.0553. The van der Waals surface area contributed by atoms with Crippen molar-refractivity contribution >= 4 is 43.1 Å².